The fourth-order valence-electron chi connectivity index (χ4n) is 1.73. The Bertz CT molecular complexity index is 361. The molecule has 1 aromatic rings. The number of hydrogen-bond donors (Lipinski definition) is 1. The van der Waals surface area contributed by atoms with Crippen molar-refractivity contribution in [2.24, 2.45) is 0 Å². The molecule has 0 aromatic heterocycles. The maximum Gasteiger partial charge on any atom is 0.111 e. The molecule has 15 heavy (non-hydrogen) atoms. The Morgan fingerprint density at radius 2 is 2.13 bits per heavy atom. The lowest BCUT2D eigenvalue weighted by Gasteiger charge is -2.12. The van der Waals surface area contributed by atoms with Gasteiger partial charge < -0.3 is 15.6 Å². The molecule has 1 rings (SSSR count). The molecule has 0 saturated heterocycles. The standard InChI is InChI=1S/C12H17NO2/c1-8-3-4-10(9(2)7-8)11(13)5-6-12(14)15/h3-4,7,11H,5-6,13H2,1-2H3,(H,14,15)/t11-/m0/s1. The maximum atomic E-state index is 10.3. The second-order valence-corrected chi connectivity index (χ2v) is 3.97. The van der Waals surface area contributed by atoms with E-state index >= 15 is 0 Å². The smallest absolute Gasteiger partial charge is 0.111 e. The number of hydrogen-bond acceptors (Lipinski definition) is 2. The van der Waals surface area contributed by atoms with Gasteiger partial charge >= 0.3 is 0 Å². The van der Waals surface area contributed by atoms with Gasteiger partial charge in [-0.15, -0.1) is 0 Å². The molecule has 0 radical (unpaired) electrons. The van der Waals surface area contributed by atoms with Crippen LogP contribution in [0.2, 0.25) is 0 Å². The van der Waals surface area contributed by atoms with Crippen molar-refractivity contribution in [3.63, 3.8) is 0 Å². The molecule has 0 saturated carbocycles. The van der Waals surface area contributed by atoms with Crippen LogP contribution in [0, 0.1) is 13.8 Å². The van der Waals surface area contributed by atoms with E-state index in [0.29, 0.717) is 6.42 Å². The van der Waals surface area contributed by atoms with Crippen LogP contribution >= 0.6 is 0 Å². The first-order valence-corrected chi connectivity index (χ1v) is 5.11. The van der Waals surface area contributed by atoms with E-state index < -0.39 is 5.97 Å². The number of benzene rings is 1. The van der Waals surface area contributed by atoms with Gasteiger partial charge in [-0.25, -0.2) is 0 Å². The number of carboxylic acids is 1. The summed E-state index contributed by atoms with van der Waals surface area (Å²) >= 11 is 0. The lowest BCUT2D eigenvalue weighted by atomic mass is 9.97. The van der Waals surface area contributed by atoms with Crippen LogP contribution in [0.1, 0.15) is 35.6 Å². The first kappa shape index (κ1) is 11.7. The molecule has 0 spiro atoms. The highest BCUT2D eigenvalue weighted by Crippen LogP contribution is 2.19. The van der Waals surface area contributed by atoms with Gasteiger partial charge in [-0.3, -0.25) is 0 Å². The lowest BCUT2D eigenvalue weighted by molar-refractivity contribution is -0.428. The Labute approximate surface area is 89.9 Å². The van der Waals surface area contributed by atoms with Gasteiger partial charge in [0.05, 0.1) is 0 Å². The summed E-state index contributed by atoms with van der Waals surface area (Å²) < 4.78 is 0. The predicted octanol–water partition coefficient (Wildman–Crippen LogP) is 0.117. The Hall–Kier alpha value is -1.35. The third-order valence-electron chi connectivity index (χ3n) is 2.56. The van der Waals surface area contributed by atoms with Gasteiger partial charge in [0, 0.05) is 18.0 Å². The highest BCUT2D eigenvalue weighted by Gasteiger charge is 2.11. The normalized spacial score (nSPS) is 12.5. The molecule has 82 valence electrons. The number of rotatable bonds is 4. The van der Waals surface area contributed by atoms with Gasteiger partial charge in [-0.05, 0) is 25.8 Å². The molecule has 1 aromatic carbocycles. The Kier molecular flexibility index (Phi) is 3.86. The van der Waals surface area contributed by atoms with Gasteiger partial charge in [0.15, 0.2) is 0 Å². The molecule has 0 fully saturated rings. The van der Waals surface area contributed by atoms with E-state index in [0.717, 1.165) is 5.56 Å². The van der Waals surface area contributed by atoms with Gasteiger partial charge in [0.25, 0.3) is 0 Å². The number of aryl methyl sites for hydroxylation is 2. The van der Waals surface area contributed by atoms with E-state index in [1.54, 1.807) is 0 Å². The number of carbonyl (C=O) groups excluding carboxylic acids is 1. The minimum absolute atomic E-state index is 0.0310. The number of carbonyl (C=O) groups is 1. The minimum Gasteiger partial charge on any atom is -0.550 e. The third-order valence-corrected chi connectivity index (χ3v) is 2.56. The minimum atomic E-state index is -1.01. The van der Waals surface area contributed by atoms with Crippen LogP contribution in [0.3, 0.4) is 0 Å². The summed E-state index contributed by atoms with van der Waals surface area (Å²) in [6, 6.07) is 6.17. The van der Waals surface area contributed by atoms with Crippen molar-refractivity contribution in [2.45, 2.75) is 32.7 Å². The van der Waals surface area contributed by atoms with Crippen molar-refractivity contribution in [1.82, 2.24) is 0 Å². The Balaban J connectivity index is 2.73. The highest BCUT2D eigenvalue weighted by molar-refractivity contribution is 5.64. The molecule has 1 atom stereocenters. The molecule has 0 aliphatic carbocycles. The summed E-state index contributed by atoms with van der Waals surface area (Å²) in [6.45, 7) is 4.07. The van der Waals surface area contributed by atoms with E-state index in [2.05, 4.69) is 11.8 Å². The van der Waals surface area contributed by atoms with Crippen LogP contribution < -0.4 is 10.8 Å². The molecule has 3 nitrogen and oxygen atoms in total. The summed E-state index contributed by atoms with van der Waals surface area (Å²) in [7, 11) is 0. The monoisotopic (exact) mass is 207 g/mol. The molecule has 0 amide bonds. The Morgan fingerprint density at radius 1 is 1.47 bits per heavy atom. The molecule has 0 bridgehead atoms. The molecule has 3 heteroatoms. The zero-order valence-electron chi connectivity index (χ0n) is 9.25. The van der Waals surface area contributed by atoms with E-state index in [4.69, 9.17) is 0 Å². The zero-order chi connectivity index (χ0) is 11.4. The molecule has 0 aliphatic heterocycles. The van der Waals surface area contributed by atoms with Crippen molar-refractivity contribution < 1.29 is 15.6 Å². The largest absolute Gasteiger partial charge is 0.550 e. The third kappa shape index (κ3) is 3.36. The topological polar surface area (TPSA) is 67.8 Å². The van der Waals surface area contributed by atoms with E-state index in [-0.39, 0.29) is 12.5 Å². The second kappa shape index (κ2) is 4.94. The van der Waals surface area contributed by atoms with Gasteiger partial charge in [0.2, 0.25) is 0 Å². The average Bonchev–Trinajstić information content (AvgIpc) is 2.14. The van der Waals surface area contributed by atoms with Crippen molar-refractivity contribution in [2.75, 3.05) is 0 Å². The van der Waals surface area contributed by atoms with Crippen LogP contribution in [0.25, 0.3) is 0 Å². The molecule has 0 unspecified atom stereocenters. The van der Waals surface area contributed by atoms with Crippen LogP contribution in [0.5, 0.6) is 0 Å². The fourth-order valence-corrected chi connectivity index (χ4v) is 1.73. The van der Waals surface area contributed by atoms with Crippen molar-refractivity contribution in [3.8, 4) is 0 Å². The number of quaternary nitrogens is 1. The van der Waals surface area contributed by atoms with Gasteiger partial charge in [0.1, 0.15) is 6.04 Å². The zero-order valence-corrected chi connectivity index (χ0v) is 9.25. The van der Waals surface area contributed by atoms with Gasteiger partial charge in [-0.2, -0.15) is 0 Å². The van der Waals surface area contributed by atoms with Crippen LogP contribution in [0.4, 0.5) is 0 Å². The highest BCUT2D eigenvalue weighted by atomic mass is 16.4. The summed E-state index contributed by atoms with van der Waals surface area (Å²) in [5, 5.41) is 10.3. The molecule has 0 aliphatic rings. The van der Waals surface area contributed by atoms with E-state index in [1.807, 2.05) is 26.0 Å². The molecule has 3 N–H and O–H groups in total. The van der Waals surface area contributed by atoms with Crippen molar-refractivity contribution in [3.05, 3.63) is 34.9 Å². The maximum absolute atomic E-state index is 10.3. The average molecular weight is 207 g/mol. The van der Waals surface area contributed by atoms with E-state index in [1.165, 1.54) is 11.1 Å². The number of carboxylic acid groups (broad SMARTS) is 1. The summed E-state index contributed by atoms with van der Waals surface area (Å²) in [6.07, 6.45) is 0.605. The first-order chi connectivity index (χ1) is 7.00. The quantitative estimate of drug-likeness (QED) is 0.761. The van der Waals surface area contributed by atoms with Crippen molar-refractivity contribution in [1.29, 1.82) is 0 Å². The molecule has 0 heterocycles. The number of aliphatic carboxylic acids is 1. The Morgan fingerprint density at radius 3 is 2.67 bits per heavy atom. The lowest BCUT2D eigenvalue weighted by Crippen LogP contribution is -2.54. The van der Waals surface area contributed by atoms with Crippen LogP contribution in [0.15, 0.2) is 18.2 Å². The second-order valence-electron chi connectivity index (χ2n) is 3.97. The predicted molar refractivity (Wildman–Crippen MR) is 55.8 cm³/mol. The first-order valence-electron chi connectivity index (χ1n) is 5.11. The van der Waals surface area contributed by atoms with Crippen LogP contribution in [-0.2, 0) is 4.79 Å². The molecular formula is C12H17NO2. The van der Waals surface area contributed by atoms with E-state index in [9.17, 15) is 9.90 Å². The summed E-state index contributed by atoms with van der Waals surface area (Å²) in [4.78, 5) is 10.3. The SMILES string of the molecule is Cc1ccc([C@@H]([NH3+])CCC(=O)[O-])c(C)c1. The summed E-state index contributed by atoms with van der Waals surface area (Å²) in [5.74, 6) is -1.01. The van der Waals surface area contributed by atoms with Crippen LogP contribution in [-0.4, -0.2) is 5.97 Å². The van der Waals surface area contributed by atoms with Gasteiger partial charge in [-0.1, -0.05) is 23.8 Å². The van der Waals surface area contributed by atoms with Crippen molar-refractivity contribution >= 4 is 5.97 Å². The summed E-state index contributed by atoms with van der Waals surface area (Å²) in [5.41, 5.74) is 7.49. The molecular weight excluding hydrogens is 190 g/mol. The fraction of sp³-hybridized carbons (Fsp3) is 0.417.